The summed E-state index contributed by atoms with van der Waals surface area (Å²) in [6, 6.07) is 5.96. The molecule has 0 saturated carbocycles. The van der Waals surface area contributed by atoms with Crippen molar-refractivity contribution < 1.29 is 18.7 Å². The summed E-state index contributed by atoms with van der Waals surface area (Å²) >= 11 is 0. The Morgan fingerprint density at radius 2 is 2.10 bits per heavy atom. The summed E-state index contributed by atoms with van der Waals surface area (Å²) in [6.07, 6.45) is 3.13. The number of carbonyl (C=O) groups excluding carboxylic acids is 2. The summed E-state index contributed by atoms with van der Waals surface area (Å²) in [4.78, 5) is 32.2. The van der Waals surface area contributed by atoms with Gasteiger partial charge in [-0.25, -0.2) is 13.9 Å². The van der Waals surface area contributed by atoms with Crippen molar-refractivity contribution >= 4 is 17.3 Å². The second-order valence-corrected chi connectivity index (χ2v) is 8.41. The van der Waals surface area contributed by atoms with Crippen LogP contribution in [0.5, 0.6) is 5.75 Å². The van der Waals surface area contributed by atoms with Crippen LogP contribution in [0.1, 0.15) is 51.4 Å². The van der Waals surface area contributed by atoms with E-state index in [9.17, 15) is 14.0 Å². The number of ketones is 1. The molecule has 0 spiro atoms. The Kier molecular flexibility index (Phi) is 4.72. The number of rotatable bonds is 2. The number of amides is 1. The van der Waals surface area contributed by atoms with E-state index in [1.165, 1.54) is 18.2 Å². The molecule has 0 bridgehead atoms. The number of likely N-dealkylation sites (tertiary alicyclic amines) is 1. The van der Waals surface area contributed by atoms with E-state index in [4.69, 9.17) is 4.74 Å². The van der Waals surface area contributed by atoms with Gasteiger partial charge in [-0.2, -0.15) is 5.10 Å². The average molecular weight is 422 g/mol. The molecule has 1 aromatic carbocycles. The van der Waals surface area contributed by atoms with Crippen LogP contribution in [0, 0.1) is 25.6 Å². The van der Waals surface area contributed by atoms with Crippen LogP contribution >= 0.6 is 0 Å². The molecule has 4 heterocycles. The zero-order chi connectivity index (χ0) is 21.7. The van der Waals surface area contributed by atoms with Gasteiger partial charge < -0.3 is 9.64 Å². The number of ether oxygens (including phenoxy) is 1. The molecule has 2 aliphatic rings. The molecule has 1 saturated heterocycles. The summed E-state index contributed by atoms with van der Waals surface area (Å²) in [6.45, 7) is 4.96. The van der Waals surface area contributed by atoms with Crippen molar-refractivity contribution in [3.63, 3.8) is 0 Å². The minimum atomic E-state index is -0.448. The molecule has 3 aromatic rings. The highest BCUT2D eigenvalue weighted by Crippen LogP contribution is 2.34. The third kappa shape index (κ3) is 3.45. The Balaban J connectivity index is 1.37. The molecule has 0 aliphatic carbocycles. The first-order valence-electron chi connectivity index (χ1n) is 10.5. The van der Waals surface area contributed by atoms with Gasteiger partial charge in [-0.05, 0) is 51.0 Å². The summed E-state index contributed by atoms with van der Waals surface area (Å²) in [5.41, 5.74) is 3.09. The molecule has 2 aliphatic heterocycles. The number of hydrogen-bond donors (Lipinski definition) is 0. The van der Waals surface area contributed by atoms with Gasteiger partial charge in [-0.1, -0.05) is 0 Å². The molecule has 2 atom stereocenters. The number of Topliss-reactive ketones (excluding diaryl/α,β-unsaturated/α-hetero) is 1. The summed E-state index contributed by atoms with van der Waals surface area (Å²) < 4.78 is 21.2. The van der Waals surface area contributed by atoms with Gasteiger partial charge in [0, 0.05) is 36.8 Å². The molecule has 1 fully saturated rings. The molecule has 0 unspecified atom stereocenters. The van der Waals surface area contributed by atoms with E-state index in [0.717, 1.165) is 24.2 Å². The van der Waals surface area contributed by atoms with E-state index in [2.05, 4.69) is 10.1 Å². The molecule has 5 rings (SSSR count). The number of carbonyl (C=O) groups is 2. The smallest absolute Gasteiger partial charge is 0.259 e. The van der Waals surface area contributed by atoms with Gasteiger partial charge in [0.2, 0.25) is 0 Å². The predicted octanol–water partition coefficient (Wildman–Crippen LogP) is 3.37. The average Bonchev–Trinajstić information content (AvgIpc) is 3.18. The van der Waals surface area contributed by atoms with Crippen LogP contribution < -0.4 is 4.74 Å². The lowest BCUT2D eigenvalue weighted by Crippen LogP contribution is -2.46. The zero-order valence-corrected chi connectivity index (χ0v) is 17.5. The molecular weight excluding hydrogens is 399 g/mol. The molecule has 8 heteroatoms. The molecule has 2 aromatic heterocycles. The number of piperidine rings is 1. The number of aryl methyl sites for hydroxylation is 2. The van der Waals surface area contributed by atoms with Crippen LogP contribution in [0.25, 0.3) is 5.65 Å². The quantitative estimate of drug-likeness (QED) is 0.633. The summed E-state index contributed by atoms with van der Waals surface area (Å²) in [5, 5.41) is 4.33. The minimum absolute atomic E-state index is 0.0260. The Bertz CT molecular complexity index is 1200. The van der Waals surface area contributed by atoms with Gasteiger partial charge in [-0.3, -0.25) is 9.59 Å². The van der Waals surface area contributed by atoms with Gasteiger partial charge in [0.15, 0.2) is 11.4 Å². The van der Waals surface area contributed by atoms with Gasteiger partial charge in [-0.15, -0.1) is 0 Å². The van der Waals surface area contributed by atoms with Gasteiger partial charge in [0.05, 0.1) is 11.8 Å². The largest absolute Gasteiger partial charge is 0.489 e. The van der Waals surface area contributed by atoms with Crippen molar-refractivity contribution in [3.05, 3.63) is 58.8 Å². The normalized spacial score (nSPS) is 21.1. The van der Waals surface area contributed by atoms with E-state index < -0.39 is 5.82 Å². The molecule has 7 nitrogen and oxygen atoms in total. The molecule has 0 N–H and O–H groups in total. The Labute approximate surface area is 178 Å². The molecule has 1 amide bonds. The second-order valence-electron chi connectivity index (χ2n) is 8.41. The van der Waals surface area contributed by atoms with E-state index in [-0.39, 0.29) is 30.1 Å². The lowest BCUT2D eigenvalue weighted by atomic mass is 9.86. The molecule has 31 heavy (non-hydrogen) atoms. The van der Waals surface area contributed by atoms with Crippen LogP contribution in [0.3, 0.4) is 0 Å². The van der Waals surface area contributed by atoms with Crippen LogP contribution in [0.4, 0.5) is 4.39 Å². The van der Waals surface area contributed by atoms with Gasteiger partial charge in [0.25, 0.3) is 5.91 Å². The fourth-order valence-electron chi connectivity index (χ4n) is 4.67. The van der Waals surface area contributed by atoms with Crippen molar-refractivity contribution in [3.8, 4) is 5.75 Å². The Hall–Kier alpha value is -3.29. The molecule has 0 radical (unpaired) electrons. The second kappa shape index (κ2) is 7.44. The van der Waals surface area contributed by atoms with Crippen molar-refractivity contribution in [2.24, 2.45) is 5.92 Å². The fraction of sp³-hybridized carbons (Fsp3) is 0.391. The van der Waals surface area contributed by atoms with E-state index in [0.29, 0.717) is 35.6 Å². The van der Waals surface area contributed by atoms with Crippen molar-refractivity contribution in [2.75, 3.05) is 13.1 Å². The van der Waals surface area contributed by atoms with Gasteiger partial charge in [0.1, 0.15) is 23.2 Å². The first-order valence-corrected chi connectivity index (χ1v) is 10.5. The maximum Gasteiger partial charge on any atom is 0.259 e. The first-order chi connectivity index (χ1) is 14.9. The number of halogens is 1. The lowest BCUT2D eigenvalue weighted by Gasteiger charge is -2.38. The number of aromatic nitrogens is 3. The van der Waals surface area contributed by atoms with Crippen LogP contribution in [0.15, 0.2) is 30.5 Å². The standard InChI is InChI=1S/C23H23FN4O3/c1-13-8-14(2)28-22(26-13)18(11-25-28)23(30)27-7-3-4-15(12-27)21-10-19(29)17-9-16(24)5-6-20(17)31-21/h5-6,8-9,11,15,21H,3-4,7,10,12H2,1-2H3/t15-,21-/m0/s1. The third-order valence-corrected chi connectivity index (χ3v) is 6.19. The van der Waals surface area contributed by atoms with Crippen molar-refractivity contribution in [1.82, 2.24) is 19.5 Å². The number of fused-ring (bicyclic) bond motifs is 2. The number of nitrogens with zero attached hydrogens (tertiary/aromatic N) is 4. The summed E-state index contributed by atoms with van der Waals surface area (Å²) in [5.74, 6) is -0.230. The maximum absolute atomic E-state index is 13.5. The molecule has 160 valence electrons. The Morgan fingerprint density at radius 1 is 1.26 bits per heavy atom. The van der Waals surface area contributed by atoms with Crippen LogP contribution in [-0.2, 0) is 0 Å². The highest BCUT2D eigenvalue weighted by atomic mass is 19.1. The maximum atomic E-state index is 13.5. The molecular formula is C23H23FN4O3. The third-order valence-electron chi connectivity index (χ3n) is 6.19. The fourth-order valence-corrected chi connectivity index (χ4v) is 4.67. The van der Waals surface area contributed by atoms with E-state index in [1.54, 1.807) is 15.6 Å². The zero-order valence-electron chi connectivity index (χ0n) is 17.5. The van der Waals surface area contributed by atoms with Crippen molar-refractivity contribution in [2.45, 2.75) is 39.2 Å². The lowest BCUT2D eigenvalue weighted by molar-refractivity contribution is 0.0409. The van der Waals surface area contributed by atoms with Gasteiger partial charge >= 0.3 is 0 Å². The van der Waals surface area contributed by atoms with Crippen LogP contribution in [-0.4, -0.2) is 50.4 Å². The highest BCUT2D eigenvalue weighted by molar-refractivity contribution is 6.00. The monoisotopic (exact) mass is 422 g/mol. The highest BCUT2D eigenvalue weighted by Gasteiger charge is 2.36. The Morgan fingerprint density at radius 3 is 2.94 bits per heavy atom. The van der Waals surface area contributed by atoms with Crippen LogP contribution in [0.2, 0.25) is 0 Å². The first kappa shape index (κ1) is 19.7. The predicted molar refractivity (Wildman–Crippen MR) is 111 cm³/mol. The topological polar surface area (TPSA) is 76.8 Å². The summed E-state index contributed by atoms with van der Waals surface area (Å²) in [7, 11) is 0. The SMILES string of the molecule is Cc1cc(C)n2ncc(C(=O)N3CCC[C@H]([C@@H]4CC(=O)c5cc(F)ccc5O4)C3)c2n1. The van der Waals surface area contributed by atoms with E-state index >= 15 is 0 Å². The number of benzene rings is 1. The van der Waals surface area contributed by atoms with E-state index in [1.807, 2.05) is 19.9 Å². The van der Waals surface area contributed by atoms with Crippen molar-refractivity contribution in [1.29, 1.82) is 0 Å². The minimum Gasteiger partial charge on any atom is -0.489 e. The number of hydrogen-bond acceptors (Lipinski definition) is 5.